The summed E-state index contributed by atoms with van der Waals surface area (Å²) in [7, 11) is 0. The van der Waals surface area contributed by atoms with Crippen molar-refractivity contribution in [2.24, 2.45) is 11.8 Å². The van der Waals surface area contributed by atoms with Crippen LogP contribution in [0.15, 0.2) is 47.3 Å². The standard InChI is InChI=1S/C23H29N3O2/c27-23-15-20(25-8-10-28-11-9-25)14-22(24-23)26-16-18-6-7-19(12-18)21(26)13-17-4-2-1-3-5-17/h1-5,14-15,18-19,21H,6-13,16H2,(H,24,27)/t18-,19+,21-/m1/s1. The minimum Gasteiger partial charge on any atom is -0.378 e. The van der Waals surface area contributed by atoms with Crippen molar-refractivity contribution in [2.75, 3.05) is 42.6 Å². The molecule has 0 spiro atoms. The van der Waals surface area contributed by atoms with Gasteiger partial charge in [0.15, 0.2) is 0 Å². The summed E-state index contributed by atoms with van der Waals surface area (Å²) in [6.45, 7) is 4.21. The highest BCUT2D eigenvalue weighted by molar-refractivity contribution is 5.56. The Kier molecular flexibility index (Phi) is 4.85. The second-order valence-corrected chi connectivity index (χ2v) is 8.54. The summed E-state index contributed by atoms with van der Waals surface area (Å²) in [6, 6.07) is 15.2. The van der Waals surface area contributed by atoms with Gasteiger partial charge in [0.1, 0.15) is 5.82 Å². The van der Waals surface area contributed by atoms with Crippen molar-refractivity contribution < 1.29 is 4.74 Å². The van der Waals surface area contributed by atoms with E-state index in [-0.39, 0.29) is 5.56 Å². The van der Waals surface area contributed by atoms with E-state index in [4.69, 9.17) is 4.74 Å². The van der Waals surface area contributed by atoms with Crippen molar-refractivity contribution in [2.45, 2.75) is 31.7 Å². The Labute approximate surface area is 166 Å². The van der Waals surface area contributed by atoms with Crippen molar-refractivity contribution in [1.29, 1.82) is 0 Å². The van der Waals surface area contributed by atoms with Crippen molar-refractivity contribution >= 4 is 11.5 Å². The third-order valence-corrected chi connectivity index (χ3v) is 6.77. The molecule has 148 valence electrons. The molecule has 1 aromatic carbocycles. The summed E-state index contributed by atoms with van der Waals surface area (Å²) in [4.78, 5) is 20.4. The number of fused-ring (bicyclic) bond motifs is 2. The number of piperidine rings is 1. The first kappa shape index (κ1) is 17.8. The monoisotopic (exact) mass is 379 g/mol. The number of ether oxygens (including phenoxy) is 1. The van der Waals surface area contributed by atoms with Crippen molar-refractivity contribution in [3.63, 3.8) is 0 Å². The molecule has 3 atom stereocenters. The van der Waals surface area contributed by atoms with Gasteiger partial charge in [0, 0.05) is 43.5 Å². The molecule has 5 nitrogen and oxygen atoms in total. The molecule has 2 aromatic rings. The fraction of sp³-hybridized carbons (Fsp3) is 0.522. The number of hydrogen-bond donors (Lipinski definition) is 1. The Bertz CT molecular complexity index is 860. The molecule has 2 saturated heterocycles. The summed E-state index contributed by atoms with van der Waals surface area (Å²) in [5, 5.41) is 0. The van der Waals surface area contributed by atoms with Crippen LogP contribution in [0.2, 0.25) is 0 Å². The first-order valence-electron chi connectivity index (χ1n) is 10.6. The number of nitrogens with zero attached hydrogens (tertiary/aromatic N) is 2. The van der Waals surface area contributed by atoms with Crippen LogP contribution < -0.4 is 15.4 Å². The molecule has 5 rings (SSSR count). The number of rotatable bonds is 4. The average Bonchev–Trinajstić information content (AvgIpc) is 3.13. The number of H-pyrrole nitrogens is 1. The largest absolute Gasteiger partial charge is 0.378 e. The van der Waals surface area contributed by atoms with E-state index < -0.39 is 0 Å². The third-order valence-electron chi connectivity index (χ3n) is 6.77. The summed E-state index contributed by atoms with van der Waals surface area (Å²) < 4.78 is 5.48. The maximum absolute atomic E-state index is 12.5. The Hall–Kier alpha value is -2.27. The SMILES string of the molecule is O=c1cc(N2CCOCC2)cc(N2C[C@@H]3CC[C@@H](C3)[C@H]2Cc2ccccc2)[nH]1. The van der Waals surface area contributed by atoms with Crippen molar-refractivity contribution in [3.8, 4) is 0 Å². The van der Waals surface area contributed by atoms with Gasteiger partial charge in [-0.3, -0.25) is 4.79 Å². The number of benzene rings is 1. The second kappa shape index (κ2) is 7.63. The quantitative estimate of drug-likeness (QED) is 0.887. The molecule has 0 unspecified atom stereocenters. The van der Waals surface area contributed by atoms with Gasteiger partial charge in [-0.25, -0.2) is 0 Å². The molecule has 2 bridgehead atoms. The molecular weight excluding hydrogens is 350 g/mol. The minimum atomic E-state index is -0.00428. The highest BCUT2D eigenvalue weighted by atomic mass is 16.5. The fourth-order valence-corrected chi connectivity index (χ4v) is 5.38. The lowest BCUT2D eigenvalue weighted by atomic mass is 9.86. The van der Waals surface area contributed by atoms with E-state index in [1.54, 1.807) is 6.07 Å². The topological polar surface area (TPSA) is 48.6 Å². The van der Waals surface area contributed by atoms with E-state index in [0.29, 0.717) is 6.04 Å². The van der Waals surface area contributed by atoms with Gasteiger partial charge in [-0.1, -0.05) is 30.3 Å². The number of nitrogens with one attached hydrogen (secondary N) is 1. The normalized spacial score (nSPS) is 27.2. The summed E-state index contributed by atoms with van der Waals surface area (Å²) in [5.41, 5.74) is 2.41. The zero-order valence-corrected chi connectivity index (χ0v) is 16.3. The van der Waals surface area contributed by atoms with Crippen LogP contribution in [0.5, 0.6) is 0 Å². The maximum Gasteiger partial charge on any atom is 0.251 e. The lowest BCUT2D eigenvalue weighted by Crippen LogP contribution is -2.48. The van der Waals surface area contributed by atoms with Gasteiger partial charge in [-0.2, -0.15) is 0 Å². The summed E-state index contributed by atoms with van der Waals surface area (Å²) in [6.07, 6.45) is 5.01. The molecule has 1 aromatic heterocycles. The molecule has 3 heterocycles. The zero-order valence-electron chi connectivity index (χ0n) is 16.3. The predicted octanol–water partition coefficient (Wildman–Crippen LogP) is 3.06. The minimum absolute atomic E-state index is 0.00428. The number of aromatic amines is 1. The molecule has 0 radical (unpaired) electrons. The van der Waals surface area contributed by atoms with Gasteiger partial charge in [0.05, 0.1) is 13.2 Å². The molecule has 1 aliphatic carbocycles. The summed E-state index contributed by atoms with van der Waals surface area (Å²) >= 11 is 0. The van der Waals surface area contributed by atoms with E-state index in [0.717, 1.165) is 62.6 Å². The van der Waals surface area contributed by atoms with E-state index >= 15 is 0 Å². The molecular formula is C23H29N3O2. The number of pyridine rings is 1. The van der Waals surface area contributed by atoms with Crippen LogP contribution in [0.25, 0.3) is 0 Å². The number of anilines is 2. The van der Waals surface area contributed by atoms with Gasteiger partial charge >= 0.3 is 0 Å². The van der Waals surface area contributed by atoms with Gasteiger partial charge in [-0.15, -0.1) is 0 Å². The maximum atomic E-state index is 12.5. The molecule has 2 aliphatic heterocycles. The van der Waals surface area contributed by atoms with Crippen LogP contribution in [-0.4, -0.2) is 43.9 Å². The van der Waals surface area contributed by atoms with Gasteiger partial charge in [-0.05, 0) is 43.1 Å². The third kappa shape index (κ3) is 3.55. The van der Waals surface area contributed by atoms with Crippen LogP contribution in [0.3, 0.4) is 0 Å². The van der Waals surface area contributed by atoms with Crippen molar-refractivity contribution in [1.82, 2.24) is 4.98 Å². The van der Waals surface area contributed by atoms with Crippen LogP contribution in [0, 0.1) is 11.8 Å². The lowest BCUT2D eigenvalue weighted by Gasteiger charge is -2.42. The Morgan fingerprint density at radius 2 is 1.89 bits per heavy atom. The number of hydrogen-bond acceptors (Lipinski definition) is 4. The van der Waals surface area contributed by atoms with Gasteiger partial charge in [0.25, 0.3) is 5.56 Å². The predicted molar refractivity (Wildman–Crippen MR) is 112 cm³/mol. The molecule has 0 amide bonds. The number of aromatic nitrogens is 1. The van der Waals surface area contributed by atoms with E-state index in [1.807, 2.05) is 0 Å². The van der Waals surface area contributed by atoms with Gasteiger partial charge in [0.2, 0.25) is 0 Å². The Morgan fingerprint density at radius 1 is 1.07 bits per heavy atom. The fourth-order valence-electron chi connectivity index (χ4n) is 5.38. The first-order chi connectivity index (χ1) is 13.8. The van der Waals surface area contributed by atoms with Crippen LogP contribution in [0.1, 0.15) is 24.8 Å². The van der Waals surface area contributed by atoms with Crippen LogP contribution in [-0.2, 0) is 11.2 Å². The van der Waals surface area contributed by atoms with E-state index in [9.17, 15) is 4.79 Å². The molecule has 28 heavy (non-hydrogen) atoms. The molecule has 1 N–H and O–H groups in total. The van der Waals surface area contributed by atoms with Crippen LogP contribution in [0.4, 0.5) is 11.5 Å². The first-order valence-corrected chi connectivity index (χ1v) is 10.6. The van der Waals surface area contributed by atoms with E-state index in [2.05, 4.69) is 51.2 Å². The molecule has 3 aliphatic rings. The Balaban J connectivity index is 1.47. The highest BCUT2D eigenvalue weighted by Crippen LogP contribution is 2.43. The second-order valence-electron chi connectivity index (χ2n) is 8.54. The Morgan fingerprint density at radius 3 is 2.71 bits per heavy atom. The smallest absolute Gasteiger partial charge is 0.251 e. The highest BCUT2D eigenvalue weighted by Gasteiger charge is 2.41. The summed E-state index contributed by atoms with van der Waals surface area (Å²) in [5.74, 6) is 2.47. The van der Waals surface area contributed by atoms with Crippen LogP contribution >= 0.6 is 0 Å². The zero-order chi connectivity index (χ0) is 18.9. The molecule has 3 fully saturated rings. The number of morpholine rings is 1. The molecule has 1 saturated carbocycles. The lowest BCUT2D eigenvalue weighted by molar-refractivity contribution is 0.122. The van der Waals surface area contributed by atoms with E-state index in [1.165, 1.54) is 24.8 Å². The average molecular weight is 380 g/mol. The molecule has 5 heteroatoms. The van der Waals surface area contributed by atoms with Gasteiger partial charge < -0.3 is 19.5 Å². The van der Waals surface area contributed by atoms with Crippen molar-refractivity contribution in [3.05, 3.63) is 58.4 Å².